The summed E-state index contributed by atoms with van der Waals surface area (Å²) in [5.41, 5.74) is 1.29. The first-order valence-corrected chi connectivity index (χ1v) is 8.88. The van der Waals surface area contributed by atoms with E-state index in [1.165, 1.54) is 29.2 Å². The van der Waals surface area contributed by atoms with Crippen LogP contribution in [0.5, 0.6) is 5.75 Å². The number of carbonyl (C=O) groups excluding carboxylic acids is 2. The van der Waals surface area contributed by atoms with Gasteiger partial charge < -0.3 is 25.4 Å². The van der Waals surface area contributed by atoms with E-state index in [0.29, 0.717) is 18.0 Å². The lowest BCUT2D eigenvalue weighted by molar-refractivity contribution is -0.129. The van der Waals surface area contributed by atoms with Crippen molar-refractivity contribution in [2.24, 2.45) is 0 Å². The maximum Gasteiger partial charge on any atom is 0.319 e. The van der Waals surface area contributed by atoms with E-state index in [0.717, 1.165) is 5.56 Å². The van der Waals surface area contributed by atoms with Crippen molar-refractivity contribution < 1.29 is 23.8 Å². The van der Waals surface area contributed by atoms with Crippen LogP contribution in [-0.4, -0.2) is 54.8 Å². The topological polar surface area (TPSA) is 90.9 Å². The molecule has 0 bridgehead atoms. The van der Waals surface area contributed by atoms with Gasteiger partial charge in [-0.05, 0) is 42.0 Å². The van der Waals surface area contributed by atoms with Gasteiger partial charge in [-0.15, -0.1) is 0 Å². The third-order valence-electron chi connectivity index (χ3n) is 4.70. The molecule has 2 atom stereocenters. The summed E-state index contributed by atoms with van der Waals surface area (Å²) in [6.45, 7) is 0.423. The minimum Gasteiger partial charge on any atom is -0.497 e. The number of nitrogens with zero attached hydrogens (tertiary/aromatic N) is 1. The van der Waals surface area contributed by atoms with Crippen molar-refractivity contribution in [2.45, 2.75) is 12.0 Å². The fourth-order valence-electron chi connectivity index (χ4n) is 3.28. The molecule has 2 aromatic rings. The first kappa shape index (κ1) is 19.6. The van der Waals surface area contributed by atoms with Gasteiger partial charge in [-0.3, -0.25) is 4.79 Å². The highest BCUT2D eigenvalue weighted by Crippen LogP contribution is 2.30. The number of likely N-dealkylation sites (tertiary alicyclic amines) is 1. The summed E-state index contributed by atoms with van der Waals surface area (Å²) in [5, 5.41) is 14.5. The monoisotopic (exact) mass is 387 g/mol. The zero-order valence-electron chi connectivity index (χ0n) is 15.4. The van der Waals surface area contributed by atoms with E-state index < -0.39 is 17.9 Å². The number of ether oxygens (including phenoxy) is 1. The number of methoxy groups -OCH3 is 1. The summed E-state index contributed by atoms with van der Waals surface area (Å²) in [7, 11) is 1.57. The molecule has 1 heterocycles. The van der Waals surface area contributed by atoms with Crippen molar-refractivity contribution in [1.82, 2.24) is 10.2 Å². The van der Waals surface area contributed by atoms with Gasteiger partial charge >= 0.3 is 6.03 Å². The SMILES string of the molecule is COc1ccc(C2CN(CCO)C(=O)C2NC(=O)Nc2ccc(F)cc2)cc1. The van der Waals surface area contributed by atoms with Crippen LogP contribution in [0, 0.1) is 5.82 Å². The lowest BCUT2D eigenvalue weighted by Gasteiger charge is -2.19. The van der Waals surface area contributed by atoms with Crippen molar-refractivity contribution in [3.8, 4) is 5.75 Å². The van der Waals surface area contributed by atoms with E-state index in [9.17, 15) is 19.1 Å². The first-order chi connectivity index (χ1) is 13.5. The van der Waals surface area contributed by atoms with Gasteiger partial charge in [0.05, 0.1) is 13.7 Å². The van der Waals surface area contributed by atoms with E-state index in [-0.39, 0.29) is 25.0 Å². The zero-order valence-corrected chi connectivity index (χ0v) is 15.4. The van der Waals surface area contributed by atoms with Gasteiger partial charge in [0.1, 0.15) is 17.6 Å². The van der Waals surface area contributed by atoms with Crippen LogP contribution < -0.4 is 15.4 Å². The van der Waals surface area contributed by atoms with E-state index in [1.54, 1.807) is 19.2 Å². The number of amides is 3. The fourth-order valence-corrected chi connectivity index (χ4v) is 3.28. The van der Waals surface area contributed by atoms with Crippen LogP contribution in [0.25, 0.3) is 0 Å². The molecular formula is C20H22FN3O4. The fraction of sp³-hybridized carbons (Fsp3) is 0.300. The van der Waals surface area contributed by atoms with Crippen LogP contribution in [0.15, 0.2) is 48.5 Å². The Hall–Kier alpha value is -3.13. The quantitative estimate of drug-likeness (QED) is 0.707. The summed E-state index contributed by atoms with van der Waals surface area (Å²) in [5.74, 6) is -0.247. The van der Waals surface area contributed by atoms with Gasteiger partial charge in [0.15, 0.2) is 0 Å². The average molecular weight is 387 g/mol. The Morgan fingerprint density at radius 1 is 1.21 bits per heavy atom. The largest absolute Gasteiger partial charge is 0.497 e. The van der Waals surface area contributed by atoms with Crippen LogP contribution in [-0.2, 0) is 4.79 Å². The van der Waals surface area contributed by atoms with E-state index in [1.807, 2.05) is 12.1 Å². The molecule has 8 heteroatoms. The zero-order chi connectivity index (χ0) is 20.1. The van der Waals surface area contributed by atoms with Gasteiger partial charge in [0.2, 0.25) is 5.91 Å². The highest BCUT2D eigenvalue weighted by atomic mass is 19.1. The molecule has 28 heavy (non-hydrogen) atoms. The molecule has 1 aliphatic rings. The van der Waals surface area contributed by atoms with Crippen molar-refractivity contribution in [3.05, 3.63) is 59.9 Å². The number of benzene rings is 2. The van der Waals surface area contributed by atoms with Gasteiger partial charge in [0.25, 0.3) is 0 Å². The van der Waals surface area contributed by atoms with Crippen molar-refractivity contribution >= 4 is 17.6 Å². The summed E-state index contributed by atoms with van der Waals surface area (Å²) in [6.07, 6.45) is 0. The number of halogens is 1. The molecule has 7 nitrogen and oxygen atoms in total. The summed E-state index contributed by atoms with van der Waals surface area (Å²) < 4.78 is 18.2. The van der Waals surface area contributed by atoms with Gasteiger partial charge in [-0.2, -0.15) is 0 Å². The molecule has 2 aromatic carbocycles. The van der Waals surface area contributed by atoms with E-state index in [4.69, 9.17) is 4.74 Å². The Balaban J connectivity index is 1.76. The molecule has 3 rings (SSSR count). The maximum absolute atomic E-state index is 13.0. The Morgan fingerprint density at radius 2 is 1.89 bits per heavy atom. The Morgan fingerprint density at radius 3 is 2.50 bits per heavy atom. The number of β-amino-alcohol motifs (C(OH)–C–C–N with tert-alkyl or cyclic N) is 1. The summed E-state index contributed by atoms with van der Waals surface area (Å²) >= 11 is 0. The predicted octanol–water partition coefficient (Wildman–Crippen LogP) is 1.94. The Bertz CT molecular complexity index is 826. The van der Waals surface area contributed by atoms with Crippen molar-refractivity contribution in [3.63, 3.8) is 0 Å². The normalized spacial score (nSPS) is 18.8. The molecule has 3 amide bonds. The Kier molecular flexibility index (Phi) is 6.10. The molecule has 0 spiro atoms. The smallest absolute Gasteiger partial charge is 0.319 e. The van der Waals surface area contributed by atoms with Gasteiger partial charge in [-0.1, -0.05) is 12.1 Å². The highest BCUT2D eigenvalue weighted by molar-refractivity contribution is 5.95. The van der Waals surface area contributed by atoms with Crippen molar-refractivity contribution in [2.75, 3.05) is 32.1 Å². The van der Waals surface area contributed by atoms with Crippen LogP contribution in [0.2, 0.25) is 0 Å². The molecule has 1 saturated heterocycles. The molecule has 2 unspecified atom stereocenters. The number of aliphatic hydroxyl groups is 1. The van der Waals surface area contributed by atoms with Crippen LogP contribution >= 0.6 is 0 Å². The number of urea groups is 1. The second-order valence-electron chi connectivity index (χ2n) is 6.47. The third-order valence-corrected chi connectivity index (χ3v) is 4.70. The number of carbonyl (C=O) groups is 2. The number of aliphatic hydroxyl groups excluding tert-OH is 1. The van der Waals surface area contributed by atoms with Gasteiger partial charge in [0, 0.05) is 24.7 Å². The predicted molar refractivity (Wildman–Crippen MR) is 102 cm³/mol. The number of rotatable bonds is 6. The van der Waals surface area contributed by atoms with E-state index in [2.05, 4.69) is 10.6 Å². The summed E-state index contributed by atoms with van der Waals surface area (Å²) in [6, 6.07) is 11.3. The maximum atomic E-state index is 13.0. The highest BCUT2D eigenvalue weighted by Gasteiger charge is 2.41. The number of hydrogen-bond acceptors (Lipinski definition) is 4. The molecule has 0 radical (unpaired) electrons. The molecule has 0 aliphatic carbocycles. The standard InChI is InChI=1S/C20H22FN3O4/c1-28-16-8-2-13(3-9-16)17-12-24(10-11-25)19(26)18(17)23-20(27)22-15-6-4-14(21)5-7-15/h2-9,17-18,25H,10-12H2,1H3,(H2,22,23,27). The Labute approximate surface area is 162 Å². The van der Waals surface area contributed by atoms with E-state index >= 15 is 0 Å². The second kappa shape index (κ2) is 8.71. The lowest BCUT2D eigenvalue weighted by Crippen LogP contribution is -2.45. The molecule has 148 valence electrons. The van der Waals surface area contributed by atoms with Crippen LogP contribution in [0.4, 0.5) is 14.9 Å². The molecule has 1 aliphatic heterocycles. The molecule has 1 fully saturated rings. The second-order valence-corrected chi connectivity index (χ2v) is 6.47. The summed E-state index contributed by atoms with van der Waals surface area (Å²) in [4.78, 5) is 26.6. The van der Waals surface area contributed by atoms with Crippen molar-refractivity contribution in [1.29, 1.82) is 0 Å². The third kappa shape index (κ3) is 4.40. The lowest BCUT2D eigenvalue weighted by atomic mass is 9.94. The number of nitrogens with one attached hydrogen (secondary N) is 2. The number of hydrogen-bond donors (Lipinski definition) is 3. The van der Waals surface area contributed by atoms with Crippen LogP contribution in [0.1, 0.15) is 11.5 Å². The average Bonchev–Trinajstić information content (AvgIpc) is 3.00. The molecule has 0 aromatic heterocycles. The minimum atomic E-state index is -0.777. The minimum absolute atomic E-state index is 0.157. The number of anilines is 1. The molecular weight excluding hydrogens is 365 g/mol. The van der Waals surface area contributed by atoms with Gasteiger partial charge in [-0.25, -0.2) is 9.18 Å². The molecule has 3 N–H and O–H groups in total. The first-order valence-electron chi connectivity index (χ1n) is 8.88. The van der Waals surface area contributed by atoms with Crippen LogP contribution in [0.3, 0.4) is 0 Å². The molecule has 0 saturated carbocycles.